The van der Waals surface area contributed by atoms with Gasteiger partial charge in [0.05, 0.1) is 12.1 Å². The molecule has 1 saturated carbocycles. The first kappa shape index (κ1) is 16.4. The summed E-state index contributed by atoms with van der Waals surface area (Å²) in [4.78, 5) is 28.2. The summed E-state index contributed by atoms with van der Waals surface area (Å²) in [5.74, 6) is -1.13. The molecule has 0 aromatic carbocycles. The van der Waals surface area contributed by atoms with Crippen LogP contribution in [0.2, 0.25) is 0 Å². The van der Waals surface area contributed by atoms with Crippen LogP contribution < -0.4 is 5.32 Å². The van der Waals surface area contributed by atoms with E-state index in [4.69, 9.17) is 5.11 Å². The Bertz CT molecular complexity index is 798. The number of fused-ring (bicyclic) bond motifs is 1. The van der Waals surface area contributed by atoms with Crippen molar-refractivity contribution >= 4 is 17.5 Å². The zero-order chi connectivity index (χ0) is 17.4. The van der Waals surface area contributed by atoms with Crippen molar-refractivity contribution in [1.29, 1.82) is 0 Å². The largest absolute Gasteiger partial charge is 0.481 e. The zero-order valence-corrected chi connectivity index (χ0v) is 14.1. The summed E-state index contributed by atoms with van der Waals surface area (Å²) in [6, 6.07) is 1.89. The first-order valence-corrected chi connectivity index (χ1v) is 8.22. The van der Waals surface area contributed by atoms with E-state index in [1.54, 1.807) is 4.52 Å². The number of carboxylic acid groups (broad SMARTS) is 1. The second kappa shape index (κ2) is 6.22. The first-order chi connectivity index (χ1) is 11.4. The van der Waals surface area contributed by atoms with Crippen LogP contribution in [0.15, 0.2) is 12.3 Å². The number of nitrogens with zero attached hydrogens (tertiary/aromatic N) is 3. The lowest BCUT2D eigenvalue weighted by molar-refractivity contribution is -0.143. The molecule has 3 unspecified atom stereocenters. The average molecular weight is 330 g/mol. The van der Waals surface area contributed by atoms with E-state index in [9.17, 15) is 9.59 Å². The van der Waals surface area contributed by atoms with Crippen molar-refractivity contribution in [3.8, 4) is 0 Å². The maximum atomic E-state index is 12.7. The molecule has 7 nitrogen and oxygen atoms in total. The molecule has 3 rings (SSSR count). The van der Waals surface area contributed by atoms with E-state index in [0.717, 1.165) is 11.4 Å². The summed E-state index contributed by atoms with van der Waals surface area (Å²) in [7, 11) is 0. The minimum atomic E-state index is -0.746. The fraction of sp³-hybridized carbons (Fsp3) is 0.529. The smallest absolute Gasteiger partial charge is 0.306 e. The fourth-order valence-corrected chi connectivity index (χ4v) is 3.51. The Labute approximate surface area is 140 Å². The van der Waals surface area contributed by atoms with Crippen molar-refractivity contribution in [2.45, 2.75) is 46.1 Å². The Kier molecular flexibility index (Phi) is 4.26. The van der Waals surface area contributed by atoms with Gasteiger partial charge >= 0.3 is 5.97 Å². The first-order valence-electron chi connectivity index (χ1n) is 8.22. The lowest BCUT2D eigenvalue weighted by atomic mass is 9.79. The van der Waals surface area contributed by atoms with Gasteiger partial charge in [-0.3, -0.25) is 9.59 Å². The molecule has 1 fully saturated rings. The van der Waals surface area contributed by atoms with Gasteiger partial charge in [0, 0.05) is 17.4 Å². The summed E-state index contributed by atoms with van der Waals surface area (Å²) in [6.07, 6.45) is 3.40. The maximum absolute atomic E-state index is 12.7. The van der Waals surface area contributed by atoms with E-state index in [1.165, 1.54) is 6.20 Å². The molecule has 3 atom stereocenters. The molecule has 24 heavy (non-hydrogen) atoms. The van der Waals surface area contributed by atoms with Crippen LogP contribution in [0, 0.1) is 25.7 Å². The van der Waals surface area contributed by atoms with Gasteiger partial charge < -0.3 is 10.4 Å². The third-order valence-corrected chi connectivity index (χ3v) is 4.86. The molecular weight excluding hydrogens is 308 g/mol. The number of rotatable bonds is 3. The highest BCUT2D eigenvalue weighted by Crippen LogP contribution is 2.29. The predicted octanol–water partition coefficient (Wildman–Crippen LogP) is 1.97. The number of amides is 1. The summed E-state index contributed by atoms with van der Waals surface area (Å²) in [5.41, 5.74) is 2.77. The van der Waals surface area contributed by atoms with Gasteiger partial charge in [-0.25, -0.2) is 9.50 Å². The lowest BCUT2D eigenvalue weighted by Gasteiger charge is -2.32. The van der Waals surface area contributed by atoms with Crippen molar-refractivity contribution in [3.05, 3.63) is 29.2 Å². The van der Waals surface area contributed by atoms with Crippen LogP contribution in [0.25, 0.3) is 5.65 Å². The molecule has 0 radical (unpaired) electrons. The highest BCUT2D eigenvalue weighted by molar-refractivity contribution is 5.99. The van der Waals surface area contributed by atoms with Gasteiger partial charge in [-0.05, 0) is 45.1 Å². The van der Waals surface area contributed by atoms with Gasteiger partial charge in [0.25, 0.3) is 5.91 Å². The van der Waals surface area contributed by atoms with Crippen molar-refractivity contribution < 1.29 is 14.7 Å². The Morgan fingerprint density at radius 2 is 2.08 bits per heavy atom. The monoisotopic (exact) mass is 330 g/mol. The summed E-state index contributed by atoms with van der Waals surface area (Å²) >= 11 is 0. The van der Waals surface area contributed by atoms with Crippen LogP contribution in [-0.2, 0) is 4.79 Å². The van der Waals surface area contributed by atoms with Crippen LogP contribution in [-0.4, -0.2) is 37.6 Å². The molecule has 128 valence electrons. The average Bonchev–Trinajstić information content (AvgIpc) is 2.93. The zero-order valence-electron chi connectivity index (χ0n) is 14.1. The van der Waals surface area contributed by atoms with Crippen molar-refractivity contribution in [3.63, 3.8) is 0 Å². The third kappa shape index (κ3) is 2.98. The molecule has 1 aliphatic rings. The number of carbonyl (C=O) groups excluding carboxylic acids is 1. The molecule has 2 aromatic heterocycles. The van der Waals surface area contributed by atoms with Crippen LogP contribution in [0.4, 0.5) is 0 Å². The molecule has 0 bridgehead atoms. The number of aromatic nitrogens is 3. The number of hydrogen-bond acceptors (Lipinski definition) is 4. The second-order valence-corrected chi connectivity index (χ2v) is 6.74. The molecule has 2 N–H and O–H groups in total. The van der Waals surface area contributed by atoms with Gasteiger partial charge in [0.15, 0.2) is 5.65 Å². The fourth-order valence-electron chi connectivity index (χ4n) is 3.51. The van der Waals surface area contributed by atoms with Gasteiger partial charge in [-0.1, -0.05) is 6.92 Å². The molecule has 1 aliphatic carbocycles. The molecule has 2 heterocycles. The number of carbonyl (C=O) groups is 2. The van der Waals surface area contributed by atoms with Gasteiger partial charge in [-0.15, -0.1) is 0 Å². The SMILES string of the molecule is Cc1cc(C)n2ncc(C(=O)NC3CCC(C(=O)O)CC3C)c2n1. The number of nitrogens with one attached hydrogen (secondary N) is 1. The Hall–Kier alpha value is -2.44. The van der Waals surface area contributed by atoms with Crippen LogP contribution in [0.3, 0.4) is 0 Å². The van der Waals surface area contributed by atoms with Gasteiger partial charge in [0.2, 0.25) is 0 Å². The maximum Gasteiger partial charge on any atom is 0.306 e. The van der Waals surface area contributed by atoms with Crippen molar-refractivity contribution in [2.75, 3.05) is 0 Å². The van der Waals surface area contributed by atoms with E-state index < -0.39 is 5.97 Å². The Morgan fingerprint density at radius 3 is 2.75 bits per heavy atom. The van der Waals surface area contributed by atoms with Crippen LogP contribution >= 0.6 is 0 Å². The summed E-state index contributed by atoms with van der Waals surface area (Å²) < 4.78 is 1.66. The minimum Gasteiger partial charge on any atom is -0.481 e. The van der Waals surface area contributed by atoms with Crippen LogP contribution in [0.5, 0.6) is 0 Å². The lowest BCUT2D eigenvalue weighted by Crippen LogP contribution is -2.43. The number of aliphatic carboxylic acids is 1. The van der Waals surface area contributed by atoms with E-state index in [1.807, 2.05) is 26.8 Å². The highest BCUT2D eigenvalue weighted by Gasteiger charge is 2.32. The Balaban J connectivity index is 1.78. The molecule has 2 aromatic rings. The third-order valence-electron chi connectivity index (χ3n) is 4.86. The molecule has 0 spiro atoms. The summed E-state index contributed by atoms with van der Waals surface area (Å²) in [5, 5.41) is 16.4. The highest BCUT2D eigenvalue weighted by atomic mass is 16.4. The van der Waals surface area contributed by atoms with E-state index >= 15 is 0 Å². The molecule has 0 aliphatic heterocycles. The molecule has 0 saturated heterocycles. The molecular formula is C17H22N4O3. The van der Waals surface area contributed by atoms with Gasteiger partial charge in [-0.2, -0.15) is 5.10 Å². The second-order valence-electron chi connectivity index (χ2n) is 6.74. The van der Waals surface area contributed by atoms with E-state index in [0.29, 0.717) is 30.5 Å². The van der Waals surface area contributed by atoms with E-state index in [2.05, 4.69) is 15.4 Å². The van der Waals surface area contributed by atoms with E-state index in [-0.39, 0.29) is 23.8 Å². The predicted molar refractivity (Wildman–Crippen MR) is 87.9 cm³/mol. The Morgan fingerprint density at radius 1 is 1.33 bits per heavy atom. The number of carboxylic acids is 1. The number of hydrogen-bond donors (Lipinski definition) is 2. The minimum absolute atomic E-state index is 0.0195. The number of aryl methyl sites for hydroxylation is 2. The quantitative estimate of drug-likeness (QED) is 0.897. The normalized spacial score (nSPS) is 24.0. The van der Waals surface area contributed by atoms with Crippen molar-refractivity contribution in [1.82, 2.24) is 19.9 Å². The van der Waals surface area contributed by atoms with Crippen LogP contribution in [0.1, 0.15) is 47.9 Å². The summed E-state index contributed by atoms with van der Waals surface area (Å²) in [6.45, 7) is 5.80. The van der Waals surface area contributed by atoms with Crippen molar-refractivity contribution in [2.24, 2.45) is 11.8 Å². The molecule has 7 heteroatoms. The van der Waals surface area contributed by atoms with Gasteiger partial charge in [0.1, 0.15) is 5.56 Å². The molecule has 1 amide bonds. The standard InChI is InChI=1S/C17H22N4O3/c1-9-6-12(17(23)24)4-5-14(9)20-16(22)13-8-18-21-11(3)7-10(2)19-15(13)21/h7-9,12,14H,4-6H2,1-3H3,(H,20,22)(H,23,24). The topological polar surface area (TPSA) is 96.6 Å².